The molecule has 4 heteroatoms. The van der Waals surface area contributed by atoms with Crippen LogP contribution in [0.4, 0.5) is 0 Å². The lowest BCUT2D eigenvalue weighted by Gasteiger charge is -2.47. The minimum absolute atomic E-state index is 0.202. The van der Waals surface area contributed by atoms with Gasteiger partial charge in [-0.05, 0) is 56.6 Å². The summed E-state index contributed by atoms with van der Waals surface area (Å²) in [5.41, 5.74) is 8.78. The molecule has 2 aliphatic rings. The van der Waals surface area contributed by atoms with Crippen LogP contribution >= 0.6 is 0 Å². The molecule has 0 bridgehead atoms. The summed E-state index contributed by atoms with van der Waals surface area (Å²) in [5.74, 6) is 1.71. The van der Waals surface area contributed by atoms with Crippen molar-refractivity contribution in [3.05, 3.63) is 23.3 Å². The van der Waals surface area contributed by atoms with Gasteiger partial charge in [-0.25, -0.2) is 0 Å². The van der Waals surface area contributed by atoms with Crippen molar-refractivity contribution >= 4 is 0 Å². The van der Waals surface area contributed by atoms with E-state index in [-0.39, 0.29) is 5.41 Å². The number of ether oxygens (including phenoxy) is 2. The third-order valence-corrected chi connectivity index (χ3v) is 4.73. The fourth-order valence-corrected chi connectivity index (χ4v) is 3.40. The lowest BCUT2D eigenvalue weighted by atomic mass is 9.62. The molecule has 0 amide bonds. The van der Waals surface area contributed by atoms with Gasteiger partial charge < -0.3 is 20.5 Å². The smallest absolute Gasteiger partial charge is 0.231 e. The van der Waals surface area contributed by atoms with Crippen LogP contribution in [0.2, 0.25) is 0 Å². The Hall–Kier alpha value is -1.26. The third kappa shape index (κ3) is 1.90. The number of hydrogen-bond donors (Lipinski definition) is 2. The highest BCUT2D eigenvalue weighted by Gasteiger charge is 2.43. The molecule has 1 fully saturated rings. The molecular formula is C15H22N2O2. The zero-order valence-electron chi connectivity index (χ0n) is 11.7. The standard InChI is InChI=1S/C15H22N2O2/c1-10-6-12-13(19-9-18-12)7-11(10)14(17-2)15(8-16)4-3-5-15/h6-7,14,17H,3-5,8-9,16H2,1-2H3. The molecule has 0 saturated heterocycles. The minimum atomic E-state index is 0.202. The Bertz CT molecular complexity index is 478. The van der Waals surface area contributed by atoms with Gasteiger partial charge in [-0.1, -0.05) is 6.42 Å². The molecule has 1 aliphatic carbocycles. The highest BCUT2D eigenvalue weighted by atomic mass is 16.7. The summed E-state index contributed by atoms with van der Waals surface area (Å²) in [5, 5.41) is 3.47. The second-order valence-electron chi connectivity index (χ2n) is 5.70. The Labute approximate surface area is 114 Å². The number of nitrogens with two attached hydrogens (primary N) is 1. The summed E-state index contributed by atoms with van der Waals surface area (Å²) in [6.07, 6.45) is 3.67. The maximum atomic E-state index is 6.05. The third-order valence-electron chi connectivity index (χ3n) is 4.73. The second kappa shape index (κ2) is 4.69. The number of aryl methyl sites for hydroxylation is 1. The fourth-order valence-electron chi connectivity index (χ4n) is 3.40. The largest absolute Gasteiger partial charge is 0.454 e. The number of fused-ring (bicyclic) bond motifs is 1. The molecule has 1 aromatic carbocycles. The molecule has 3 rings (SSSR count). The molecule has 19 heavy (non-hydrogen) atoms. The van der Waals surface area contributed by atoms with Crippen molar-refractivity contribution in [3.8, 4) is 11.5 Å². The maximum absolute atomic E-state index is 6.05. The van der Waals surface area contributed by atoms with Gasteiger partial charge in [0.1, 0.15) is 0 Å². The van der Waals surface area contributed by atoms with Crippen molar-refractivity contribution in [2.45, 2.75) is 32.2 Å². The maximum Gasteiger partial charge on any atom is 0.231 e. The molecular weight excluding hydrogens is 240 g/mol. The molecule has 1 saturated carbocycles. The van der Waals surface area contributed by atoms with Crippen molar-refractivity contribution in [1.82, 2.24) is 5.32 Å². The number of rotatable bonds is 4. The predicted molar refractivity (Wildman–Crippen MR) is 74.4 cm³/mol. The highest BCUT2D eigenvalue weighted by Crippen LogP contribution is 2.51. The van der Waals surface area contributed by atoms with E-state index in [0.717, 1.165) is 18.0 Å². The molecule has 4 nitrogen and oxygen atoms in total. The Morgan fingerprint density at radius 1 is 1.32 bits per heavy atom. The van der Waals surface area contributed by atoms with Gasteiger partial charge in [0.25, 0.3) is 0 Å². The van der Waals surface area contributed by atoms with Gasteiger partial charge in [-0.2, -0.15) is 0 Å². The summed E-state index contributed by atoms with van der Waals surface area (Å²) in [7, 11) is 2.02. The molecule has 1 aliphatic heterocycles. The Morgan fingerprint density at radius 2 is 2.00 bits per heavy atom. The lowest BCUT2D eigenvalue weighted by molar-refractivity contribution is 0.0875. The molecule has 0 spiro atoms. The van der Waals surface area contributed by atoms with Gasteiger partial charge in [-0.15, -0.1) is 0 Å². The van der Waals surface area contributed by atoms with Gasteiger partial charge >= 0.3 is 0 Å². The first kappa shape index (κ1) is 12.8. The lowest BCUT2D eigenvalue weighted by Crippen LogP contribution is -2.47. The van der Waals surface area contributed by atoms with E-state index >= 15 is 0 Å². The van der Waals surface area contributed by atoms with Crippen LogP contribution in [0, 0.1) is 12.3 Å². The molecule has 1 aromatic rings. The highest BCUT2D eigenvalue weighted by molar-refractivity contribution is 5.49. The first-order valence-corrected chi connectivity index (χ1v) is 6.98. The van der Waals surface area contributed by atoms with Crippen molar-refractivity contribution in [3.63, 3.8) is 0 Å². The van der Waals surface area contributed by atoms with Crippen molar-refractivity contribution in [1.29, 1.82) is 0 Å². The average Bonchev–Trinajstić information content (AvgIpc) is 2.80. The van der Waals surface area contributed by atoms with Crippen LogP contribution in [0.15, 0.2) is 12.1 Å². The summed E-state index contributed by atoms with van der Waals surface area (Å²) >= 11 is 0. The average molecular weight is 262 g/mol. The minimum Gasteiger partial charge on any atom is -0.454 e. The Morgan fingerprint density at radius 3 is 2.53 bits per heavy atom. The van der Waals surface area contributed by atoms with Gasteiger partial charge in [0.2, 0.25) is 6.79 Å². The van der Waals surface area contributed by atoms with Gasteiger partial charge in [-0.3, -0.25) is 0 Å². The summed E-state index contributed by atoms with van der Waals surface area (Å²) < 4.78 is 10.9. The zero-order chi connectivity index (χ0) is 13.5. The first-order valence-electron chi connectivity index (χ1n) is 6.98. The quantitative estimate of drug-likeness (QED) is 0.872. The van der Waals surface area contributed by atoms with E-state index in [4.69, 9.17) is 15.2 Å². The number of nitrogens with one attached hydrogen (secondary N) is 1. The molecule has 104 valence electrons. The van der Waals surface area contributed by atoms with E-state index in [1.165, 1.54) is 30.4 Å². The predicted octanol–water partition coefficient (Wildman–Crippen LogP) is 2.11. The van der Waals surface area contributed by atoms with E-state index < -0.39 is 0 Å². The van der Waals surface area contributed by atoms with Crippen LogP contribution in [0.1, 0.15) is 36.4 Å². The van der Waals surface area contributed by atoms with Gasteiger partial charge in [0, 0.05) is 11.5 Å². The zero-order valence-corrected chi connectivity index (χ0v) is 11.7. The SMILES string of the molecule is CNC(c1cc2c(cc1C)OCO2)C1(CN)CCC1. The van der Waals surface area contributed by atoms with Gasteiger partial charge in [0.15, 0.2) is 11.5 Å². The van der Waals surface area contributed by atoms with E-state index in [9.17, 15) is 0 Å². The number of hydrogen-bond acceptors (Lipinski definition) is 4. The summed E-state index contributed by atoms with van der Waals surface area (Å²) in [6, 6.07) is 4.49. The molecule has 0 radical (unpaired) electrons. The van der Waals surface area contributed by atoms with E-state index in [2.05, 4.69) is 24.4 Å². The molecule has 1 unspecified atom stereocenters. The van der Waals surface area contributed by atoms with Crippen LogP contribution in [-0.4, -0.2) is 20.4 Å². The van der Waals surface area contributed by atoms with Crippen molar-refractivity contribution < 1.29 is 9.47 Å². The van der Waals surface area contributed by atoms with Crippen LogP contribution in [0.25, 0.3) is 0 Å². The molecule has 3 N–H and O–H groups in total. The Kier molecular flexibility index (Phi) is 3.15. The van der Waals surface area contributed by atoms with E-state index in [1.807, 2.05) is 7.05 Å². The molecule has 1 atom stereocenters. The fraction of sp³-hybridized carbons (Fsp3) is 0.600. The van der Waals surface area contributed by atoms with Crippen LogP contribution < -0.4 is 20.5 Å². The van der Waals surface area contributed by atoms with Crippen LogP contribution in [0.3, 0.4) is 0 Å². The first-order chi connectivity index (χ1) is 9.20. The Balaban J connectivity index is 2.00. The second-order valence-corrected chi connectivity index (χ2v) is 5.70. The van der Waals surface area contributed by atoms with Crippen molar-refractivity contribution in [2.75, 3.05) is 20.4 Å². The number of benzene rings is 1. The summed E-state index contributed by atoms with van der Waals surface area (Å²) in [6.45, 7) is 3.18. The van der Waals surface area contributed by atoms with E-state index in [0.29, 0.717) is 12.8 Å². The van der Waals surface area contributed by atoms with Crippen molar-refractivity contribution in [2.24, 2.45) is 11.1 Å². The molecule has 1 heterocycles. The monoisotopic (exact) mass is 262 g/mol. The van der Waals surface area contributed by atoms with E-state index in [1.54, 1.807) is 0 Å². The topological polar surface area (TPSA) is 56.5 Å². The molecule has 0 aromatic heterocycles. The van der Waals surface area contributed by atoms with Crippen LogP contribution in [0.5, 0.6) is 11.5 Å². The summed E-state index contributed by atoms with van der Waals surface area (Å²) in [4.78, 5) is 0. The van der Waals surface area contributed by atoms with Gasteiger partial charge in [0.05, 0.1) is 0 Å². The van der Waals surface area contributed by atoms with Crippen LogP contribution in [-0.2, 0) is 0 Å². The normalized spacial score (nSPS) is 21.0.